The molecule has 0 radical (unpaired) electrons. The summed E-state index contributed by atoms with van der Waals surface area (Å²) in [5.74, 6) is -2.78. The Morgan fingerprint density at radius 2 is 1.79 bits per heavy atom. The molecule has 0 amide bonds. The number of carbonyl (C=O) groups excluding carboxylic acids is 1. The van der Waals surface area contributed by atoms with Crippen molar-refractivity contribution in [2.75, 3.05) is 6.61 Å². The minimum Gasteiger partial charge on any atom is -0.493 e. The fraction of sp³-hybridized carbons (Fsp3) is 0.444. The van der Waals surface area contributed by atoms with E-state index in [0.29, 0.717) is 36.7 Å². The number of hydrogen-bond acceptors (Lipinski definition) is 6. The molecule has 0 saturated heterocycles. The Balaban J connectivity index is 1.33. The number of carboxylic acid groups (broad SMARTS) is 1. The quantitative estimate of drug-likeness (QED) is 0.425. The second kappa shape index (κ2) is 10.2. The van der Waals surface area contributed by atoms with Crippen molar-refractivity contribution in [3.63, 3.8) is 0 Å². The highest BCUT2D eigenvalue weighted by Gasteiger charge is 2.45. The molecule has 1 heterocycles. The Kier molecular flexibility index (Phi) is 6.93. The van der Waals surface area contributed by atoms with Crippen molar-refractivity contribution < 1.29 is 32.6 Å². The molecular weight excluding hydrogens is 503 g/mol. The van der Waals surface area contributed by atoms with Crippen molar-refractivity contribution in [2.45, 2.75) is 44.8 Å². The molecule has 0 unspecified atom stereocenters. The summed E-state index contributed by atoms with van der Waals surface area (Å²) >= 11 is 0. The van der Waals surface area contributed by atoms with Crippen LogP contribution in [0.15, 0.2) is 47.3 Å². The lowest BCUT2D eigenvalue weighted by Crippen LogP contribution is -2.34. The first kappa shape index (κ1) is 25.9. The van der Waals surface area contributed by atoms with Crippen LogP contribution in [-0.2, 0) is 17.5 Å². The predicted octanol–water partition coefficient (Wildman–Crippen LogP) is 4.60. The van der Waals surface area contributed by atoms with E-state index in [1.807, 2.05) is 0 Å². The maximum atomic E-state index is 13.3. The van der Waals surface area contributed by atoms with Gasteiger partial charge < -0.3 is 9.84 Å². The van der Waals surface area contributed by atoms with E-state index >= 15 is 0 Å². The maximum Gasteiger partial charge on any atom is 0.416 e. The van der Waals surface area contributed by atoms with Crippen LogP contribution in [0.1, 0.15) is 48.0 Å². The van der Waals surface area contributed by atoms with Gasteiger partial charge in [0.25, 0.3) is 5.56 Å². The molecule has 38 heavy (non-hydrogen) atoms. The molecule has 8 nitrogen and oxygen atoms in total. The number of aromatic nitrogens is 3. The molecule has 2 aromatic carbocycles. The van der Waals surface area contributed by atoms with Gasteiger partial charge in [-0.05, 0) is 80.0 Å². The summed E-state index contributed by atoms with van der Waals surface area (Å²) in [6, 6.07) is 9.27. The molecule has 5 rings (SSSR count). The minimum atomic E-state index is -4.64. The van der Waals surface area contributed by atoms with Crippen LogP contribution in [0.3, 0.4) is 0 Å². The van der Waals surface area contributed by atoms with Gasteiger partial charge >= 0.3 is 12.1 Å². The summed E-state index contributed by atoms with van der Waals surface area (Å²) in [7, 11) is 0. The highest BCUT2D eigenvalue weighted by Crippen LogP contribution is 2.40. The third kappa shape index (κ3) is 5.14. The summed E-state index contributed by atoms with van der Waals surface area (Å²) in [5.41, 5.74) is -1.40. The fourth-order valence-electron chi connectivity index (χ4n) is 5.35. The Morgan fingerprint density at radius 1 is 1.05 bits per heavy atom. The number of nitrogens with zero attached hydrogens (tertiary/aromatic N) is 3. The van der Waals surface area contributed by atoms with E-state index < -0.39 is 41.0 Å². The number of Topliss-reactive ketones (excluding diaryl/α,β-unsaturated/α-hetero) is 1. The molecule has 2 saturated carbocycles. The Morgan fingerprint density at radius 3 is 2.42 bits per heavy atom. The number of carboxylic acids is 1. The zero-order valence-electron chi connectivity index (χ0n) is 20.4. The Bertz CT molecular complexity index is 1420. The van der Waals surface area contributed by atoms with Crippen molar-refractivity contribution >= 4 is 22.7 Å². The Labute approximate surface area is 215 Å². The van der Waals surface area contributed by atoms with Crippen LogP contribution < -0.4 is 10.3 Å². The van der Waals surface area contributed by atoms with Gasteiger partial charge in [-0.15, -0.1) is 5.10 Å². The SMILES string of the molecule is O=C(O)[C@H]1[C@H](Cn2nnc3ccc(C(F)(F)F)cc3c2=O)CC[C@@H]1C(=O)c1ccc(OCC2CCC2)cc1. The highest BCUT2D eigenvalue weighted by molar-refractivity contribution is 6.00. The van der Waals surface area contributed by atoms with Gasteiger partial charge in [0.2, 0.25) is 0 Å². The van der Waals surface area contributed by atoms with E-state index in [2.05, 4.69) is 10.3 Å². The van der Waals surface area contributed by atoms with Crippen LogP contribution >= 0.6 is 0 Å². The van der Waals surface area contributed by atoms with E-state index in [9.17, 15) is 32.7 Å². The molecule has 200 valence electrons. The van der Waals surface area contributed by atoms with Gasteiger partial charge in [-0.3, -0.25) is 14.4 Å². The van der Waals surface area contributed by atoms with Crippen LogP contribution in [0.2, 0.25) is 0 Å². The molecule has 1 aromatic heterocycles. The molecule has 2 aliphatic carbocycles. The average Bonchev–Trinajstić information content (AvgIpc) is 3.28. The Hall–Kier alpha value is -3.76. The number of ketones is 1. The normalized spacial score (nSPS) is 21.8. The monoisotopic (exact) mass is 529 g/mol. The van der Waals surface area contributed by atoms with Crippen molar-refractivity contribution in [1.29, 1.82) is 0 Å². The minimum absolute atomic E-state index is 0.00799. The van der Waals surface area contributed by atoms with Crippen LogP contribution in [-0.4, -0.2) is 38.5 Å². The van der Waals surface area contributed by atoms with E-state index in [1.54, 1.807) is 24.3 Å². The lowest BCUT2D eigenvalue weighted by molar-refractivity contribution is -0.144. The van der Waals surface area contributed by atoms with Crippen molar-refractivity contribution in [1.82, 2.24) is 15.0 Å². The number of carbonyl (C=O) groups is 2. The lowest BCUT2D eigenvalue weighted by atomic mass is 9.84. The average molecular weight is 530 g/mol. The van der Waals surface area contributed by atoms with Crippen LogP contribution in [0, 0.1) is 23.7 Å². The summed E-state index contributed by atoms with van der Waals surface area (Å²) in [6.45, 7) is 0.458. The third-order valence-electron chi connectivity index (χ3n) is 7.72. The number of alkyl halides is 3. The molecule has 1 N–H and O–H groups in total. The molecular formula is C27H26F3N3O5. The van der Waals surface area contributed by atoms with Crippen LogP contribution in [0.4, 0.5) is 13.2 Å². The van der Waals surface area contributed by atoms with Crippen LogP contribution in [0.5, 0.6) is 5.75 Å². The molecule has 11 heteroatoms. The number of ether oxygens (including phenoxy) is 1. The standard InChI is InChI=1S/C27H26F3N3O5/c28-27(29,30)18-7-11-22-21(12-18)25(35)33(32-31-22)13-17-6-10-20(23(17)26(36)37)24(34)16-4-8-19(9-5-16)38-14-15-2-1-3-15/h4-5,7-9,11-12,15,17,20,23H,1-3,6,10,13-14H2,(H,36,37)/t17-,20-,23-/m0/s1. The first-order chi connectivity index (χ1) is 18.1. The smallest absolute Gasteiger partial charge is 0.416 e. The van der Waals surface area contributed by atoms with Gasteiger partial charge in [-0.25, -0.2) is 4.68 Å². The first-order valence-corrected chi connectivity index (χ1v) is 12.6. The van der Waals surface area contributed by atoms with Crippen molar-refractivity contribution in [2.24, 2.45) is 23.7 Å². The molecule has 2 aliphatic rings. The van der Waals surface area contributed by atoms with Crippen LogP contribution in [0.25, 0.3) is 10.9 Å². The largest absolute Gasteiger partial charge is 0.493 e. The molecule has 0 aliphatic heterocycles. The van der Waals surface area contributed by atoms with Gasteiger partial charge in [0.1, 0.15) is 11.3 Å². The zero-order chi connectivity index (χ0) is 27.0. The molecule has 3 atom stereocenters. The highest BCUT2D eigenvalue weighted by atomic mass is 19.4. The number of aliphatic carboxylic acids is 1. The summed E-state index contributed by atoms with van der Waals surface area (Å²) in [5, 5.41) is 17.4. The first-order valence-electron chi connectivity index (χ1n) is 12.6. The van der Waals surface area contributed by atoms with Crippen molar-refractivity contribution in [3.05, 3.63) is 63.9 Å². The van der Waals surface area contributed by atoms with Gasteiger partial charge in [-0.1, -0.05) is 11.6 Å². The number of halogens is 3. The fourth-order valence-corrected chi connectivity index (χ4v) is 5.35. The van der Waals surface area contributed by atoms with Crippen molar-refractivity contribution in [3.8, 4) is 5.75 Å². The van der Waals surface area contributed by atoms with Gasteiger partial charge in [-0.2, -0.15) is 13.2 Å². The second-order valence-corrected chi connectivity index (χ2v) is 10.1. The maximum absolute atomic E-state index is 13.3. The summed E-state index contributed by atoms with van der Waals surface area (Å²) < 4.78 is 46.1. The summed E-state index contributed by atoms with van der Waals surface area (Å²) in [4.78, 5) is 38.4. The number of benzene rings is 2. The van der Waals surface area contributed by atoms with Gasteiger partial charge in [0.05, 0.1) is 30.0 Å². The lowest BCUT2D eigenvalue weighted by Gasteiger charge is -2.25. The van der Waals surface area contributed by atoms with E-state index in [4.69, 9.17) is 4.74 Å². The van der Waals surface area contributed by atoms with Gasteiger partial charge in [0.15, 0.2) is 5.78 Å². The topological polar surface area (TPSA) is 111 Å². The predicted molar refractivity (Wildman–Crippen MR) is 130 cm³/mol. The third-order valence-corrected chi connectivity index (χ3v) is 7.72. The van der Waals surface area contributed by atoms with E-state index in [1.165, 1.54) is 6.42 Å². The van der Waals surface area contributed by atoms with Gasteiger partial charge in [0, 0.05) is 11.5 Å². The molecule has 3 aromatic rings. The number of hydrogen-bond donors (Lipinski definition) is 1. The molecule has 0 bridgehead atoms. The summed E-state index contributed by atoms with van der Waals surface area (Å²) in [6.07, 6.45) is -0.471. The zero-order valence-corrected chi connectivity index (χ0v) is 20.4. The molecule has 0 spiro atoms. The molecule has 2 fully saturated rings. The number of fused-ring (bicyclic) bond motifs is 1. The number of rotatable bonds is 8. The second-order valence-electron chi connectivity index (χ2n) is 10.1. The van der Waals surface area contributed by atoms with E-state index in [-0.39, 0.29) is 23.2 Å². The van der Waals surface area contributed by atoms with E-state index in [0.717, 1.165) is 35.7 Å².